The molecule has 0 aliphatic carbocycles. The van der Waals surface area contributed by atoms with Gasteiger partial charge in [-0.2, -0.15) is 8.42 Å². The van der Waals surface area contributed by atoms with Crippen LogP contribution in [-0.2, 0) is 16.9 Å². The first-order valence-corrected chi connectivity index (χ1v) is 14.6. The molecule has 5 rings (SSSR count). The number of aryl methyl sites for hydroxylation is 1. The van der Waals surface area contributed by atoms with Crippen molar-refractivity contribution in [2.75, 3.05) is 43.9 Å². The van der Waals surface area contributed by atoms with Gasteiger partial charge in [0.1, 0.15) is 0 Å². The fraction of sp³-hybridized carbons (Fsp3) is 0.241. The molecule has 2 aromatic heterocycles. The van der Waals surface area contributed by atoms with E-state index in [2.05, 4.69) is 42.4 Å². The zero-order valence-corrected chi connectivity index (χ0v) is 24.1. The van der Waals surface area contributed by atoms with Crippen LogP contribution >= 0.6 is 0 Å². The van der Waals surface area contributed by atoms with Crippen molar-refractivity contribution in [2.45, 2.75) is 13.5 Å². The minimum Gasteiger partial charge on any atom is -0.324 e. The molecular formula is C29H33N7O5S. The summed E-state index contributed by atoms with van der Waals surface area (Å²) in [7, 11) is -2.51. The van der Waals surface area contributed by atoms with Crippen molar-refractivity contribution in [2.24, 2.45) is 0 Å². The van der Waals surface area contributed by atoms with Gasteiger partial charge < -0.3 is 15.5 Å². The first kappa shape index (κ1) is 30.7. The van der Waals surface area contributed by atoms with E-state index < -0.39 is 10.4 Å². The second-order valence-corrected chi connectivity index (χ2v) is 10.7. The minimum atomic E-state index is -4.67. The molecule has 0 radical (unpaired) electrons. The first-order chi connectivity index (χ1) is 20.0. The number of carbonyl (C=O) groups excluding carboxylic acids is 1. The summed E-state index contributed by atoms with van der Waals surface area (Å²) in [6.07, 6.45) is 5.22. The van der Waals surface area contributed by atoms with E-state index in [4.69, 9.17) is 17.5 Å². The van der Waals surface area contributed by atoms with Crippen LogP contribution in [0.25, 0.3) is 11.3 Å². The van der Waals surface area contributed by atoms with Gasteiger partial charge in [0, 0.05) is 73.8 Å². The fourth-order valence-corrected chi connectivity index (χ4v) is 4.28. The van der Waals surface area contributed by atoms with Crippen molar-refractivity contribution < 1.29 is 22.3 Å². The average Bonchev–Trinajstić information content (AvgIpc) is 2.96. The Hall–Kier alpha value is -4.27. The van der Waals surface area contributed by atoms with Gasteiger partial charge in [-0.1, -0.05) is 18.2 Å². The van der Waals surface area contributed by atoms with Crippen LogP contribution in [-0.4, -0.2) is 81.4 Å². The molecule has 13 heteroatoms. The number of aromatic nitrogens is 3. The number of anilines is 3. The molecule has 1 saturated heterocycles. The molecule has 1 aliphatic heterocycles. The summed E-state index contributed by atoms with van der Waals surface area (Å²) in [6, 6.07) is 19.3. The molecule has 4 aromatic rings. The molecule has 3 heterocycles. The van der Waals surface area contributed by atoms with Crippen LogP contribution in [0.4, 0.5) is 17.3 Å². The maximum atomic E-state index is 12.9. The molecule has 2 aromatic carbocycles. The standard InChI is InChI=1S/C29H31N7O.H2O4S/c1-21-5-10-25(18-27(21)34-29-31-13-11-26(33-29)24-4-3-12-30-19-24)32-28(37)23-8-6-22(7-9-23)20-36-16-14-35(2)15-17-36;1-5(2,3)4/h3-13,18-19H,14-17,20H2,1-2H3,(H,32,37)(H,31,33,34);(H2,1,2,3,4). The Morgan fingerprint density at radius 1 is 0.976 bits per heavy atom. The number of carbonyl (C=O) groups is 1. The van der Waals surface area contributed by atoms with Crippen molar-refractivity contribution in [1.29, 1.82) is 0 Å². The number of nitrogens with one attached hydrogen (secondary N) is 2. The zero-order chi connectivity index (χ0) is 30.1. The summed E-state index contributed by atoms with van der Waals surface area (Å²) in [5.41, 5.74) is 6.08. The summed E-state index contributed by atoms with van der Waals surface area (Å²) in [4.78, 5) is 30.9. The largest absolute Gasteiger partial charge is 0.394 e. The van der Waals surface area contributed by atoms with Crippen LogP contribution in [0.2, 0.25) is 0 Å². The number of hydrogen-bond donors (Lipinski definition) is 4. The monoisotopic (exact) mass is 591 g/mol. The Labute approximate surface area is 245 Å². The molecular weight excluding hydrogens is 558 g/mol. The topological polar surface area (TPSA) is 161 Å². The molecule has 12 nitrogen and oxygen atoms in total. The van der Waals surface area contributed by atoms with Gasteiger partial charge in [-0.25, -0.2) is 9.97 Å². The van der Waals surface area contributed by atoms with Crippen LogP contribution in [0, 0.1) is 6.92 Å². The molecule has 0 bridgehead atoms. The third-order valence-electron chi connectivity index (χ3n) is 6.57. The fourth-order valence-electron chi connectivity index (χ4n) is 4.28. The highest BCUT2D eigenvalue weighted by atomic mass is 32.3. The molecule has 0 spiro atoms. The summed E-state index contributed by atoms with van der Waals surface area (Å²) < 4.78 is 31.6. The molecule has 0 saturated carbocycles. The molecule has 220 valence electrons. The lowest BCUT2D eigenvalue weighted by molar-refractivity contribution is 0.102. The lowest BCUT2D eigenvalue weighted by atomic mass is 10.1. The van der Waals surface area contributed by atoms with Crippen LogP contribution in [0.3, 0.4) is 0 Å². The van der Waals surface area contributed by atoms with E-state index in [1.54, 1.807) is 18.6 Å². The van der Waals surface area contributed by atoms with E-state index in [1.165, 1.54) is 5.56 Å². The number of nitrogens with zero attached hydrogens (tertiary/aromatic N) is 5. The Morgan fingerprint density at radius 3 is 2.36 bits per heavy atom. The number of rotatable bonds is 7. The SMILES string of the molecule is Cc1ccc(NC(=O)c2ccc(CN3CCN(C)CC3)cc2)cc1Nc1nccc(-c2cccnc2)n1.O=S(=O)(O)O. The van der Waals surface area contributed by atoms with Gasteiger partial charge in [-0.3, -0.25) is 23.8 Å². The lowest BCUT2D eigenvalue weighted by Crippen LogP contribution is -2.43. The third kappa shape index (κ3) is 9.68. The number of benzene rings is 2. The van der Waals surface area contributed by atoms with Crippen LogP contribution < -0.4 is 10.6 Å². The molecule has 4 N–H and O–H groups in total. The van der Waals surface area contributed by atoms with E-state index in [1.807, 2.05) is 67.6 Å². The van der Waals surface area contributed by atoms with Gasteiger partial charge in [-0.15, -0.1) is 0 Å². The van der Waals surface area contributed by atoms with E-state index in [0.29, 0.717) is 17.2 Å². The third-order valence-corrected chi connectivity index (χ3v) is 6.57. The quantitative estimate of drug-likeness (QED) is 0.230. The highest BCUT2D eigenvalue weighted by Crippen LogP contribution is 2.24. The van der Waals surface area contributed by atoms with Gasteiger partial charge in [-0.05, 0) is 67.6 Å². The van der Waals surface area contributed by atoms with Crippen LogP contribution in [0.5, 0.6) is 0 Å². The highest BCUT2D eigenvalue weighted by molar-refractivity contribution is 7.79. The van der Waals surface area contributed by atoms with E-state index in [-0.39, 0.29) is 5.91 Å². The van der Waals surface area contributed by atoms with Crippen molar-refractivity contribution in [1.82, 2.24) is 24.8 Å². The van der Waals surface area contributed by atoms with Gasteiger partial charge in [0.25, 0.3) is 5.91 Å². The Morgan fingerprint density at radius 2 is 1.69 bits per heavy atom. The van der Waals surface area contributed by atoms with Crippen molar-refractivity contribution in [3.8, 4) is 11.3 Å². The van der Waals surface area contributed by atoms with Gasteiger partial charge in [0.15, 0.2) is 0 Å². The molecule has 1 amide bonds. The predicted octanol–water partition coefficient (Wildman–Crippen LogP) is 3.94. The second-order valence-electron chi connectivity index (χ2n) is 9.84. The van der Waals surface area contributed by atoms with E-state index in [9.17, 15) is 4.79 Å². The van der Waals surface area contributed by atoms with Crippen molar-refractivity contribution in [3.05, 3.63) is 95.9 Å². The van der Waals surface area contributed by atoms with Crippen molar-refractivity contribution >= 4 is 33.6 Å². The number of likely N-dealkylation sites (N-methyl/N-ethyl adjacent to an activating group) is 1. The number of pyridine rings is 1. The summed E-state index contributed by atoms with van der Waals surface area (Å²) in [5, 5.41) is 6.29. The van der Waals surface area contributed by atoms with E-state index in [0.717, 1.165) is 55.2 Å². The van der Waals surface area contributed by atoms with Crippen LogP contribution in [0.15, 0.2) is 79.3 Å². The lowest BCUT2D eigenvalue weighted by Gasteiger charge is -2.32. The predicted molar refractivity (Wildman–Crippen MR) is 161 cm³/mol. The van der Waals surface area contributed by atoms with Gasteiger partial charge in [0.2, 0.25) is 5.95 Å². The van der Waals surface area contributed by atoms with Crippen LogP contribution in [0.1, 0.15) is 21.5 Å². The summed E-state index contributed by atoms with van der Waals surface area (Å²) in [6.45, 7) is 7.24. The van der Waals surface area contributed by atoms with Gasteiger partial charge >= 0.3 is 10.4 Å². The first-order valence-electron chi connectivity index (χ1n) is 13.2. The van der Waals surface area contributed by atoms with Gasteiger partial charge in [0.05, 0.1) is 5.69 Å². The maximum absolute atomic E-state index is 12.9. The van der Waals surface area contributed by atoms with Crippen molar-refractivity contribution in [3.63, 3.8) is 0 Å². The Balaban J connectivity index is 0.000000748. The maximum Gasteiger partial charge on any atom is 0.394 e. The number of amides is 1. The highest BCUT2D eigenvalue weighted by Gasteiger charge is 2.14. The Kier molecular flexibility index (Phi) is 10.3. The number of piperazine rings is 1. The second kappa shape index (κ2) is 14.1. The molecule has 1 fully saturated rings. The molecule has 1 aliphatic rings. The average molecular weight is 592 g/mol. The summed E-state index contributed by atoms with van der Waals surface area (Å²) in [5.74, 6) is 0.333. The normalized spacial score (nSPS) is 14.0. The molecule has 42 heavy (non-hydrogen) atoms. The summed E-state index contributed by atoms with van der Waals surface area (Å²) >= 11 is 0. The molecule has 0 atom stereocenters. The number of hydrogen-bond acceptors (Lipinski definition) is 9. The smallest absolute Gasteiger partial charge is 0.324 e. The Bertz CT molecular complexity index is 1590. The minimum absolute atomic E-state index is 0.143. The molecule has 0 unspecified atom stereocenters. The zero-order valence-electron chi connectivity index (χ0n) is 23.3. The van der Waals surface area contributed by atoms with E-state index >= 15 is 0 Å².